The van der Waals surface area contributed by atoms with Crippen LogP contribution in [0.3, 0.4) is 0 Å². The Morgan fingerprint density at radius 2 is 1.60 bits per heavy atom. The summed E-state index contributed by atoms with van der Waals surface area (Å²) in [6.07, 6.45) is 14.5. The molecule has 0 aliphatic heterocycles. The van der Waals surface area contributed by atoms with Gasteiger partial charge in [0.25, 0.3) is 0 Å². The highest BCUT2D eigenvalue weighted by molar-refractivity contribution is 7.15. The van der Waals surface area contributed by atoms with E-state index in [2.05, 4.69) is 62.4 Å². The summed E-state index contributed by atoms with van der Waals surface area (Å²) in [6, 6.07) is 13.0. The molecular weight excluding hydrogens is 324 g/mol. The van der Waals surface area contributed by atoms with Gasteiger partial charge in [-0.25, -0.2) is 0 Å². The molecule has 1 aromatic carbocycles. The lowest BCUT2D eigenvalue weighted by atomic mass is 10.1. The zero-order valence-electron chi connectivity index (χ0n) is 15.8. The molecule has 25 heavy (non-hydrogen) atoms. The van der Waals surface area contributed by atoms with Crippen molar-refractivity contribution in [2.45, 2.75) is 65.2 Å². The first-order chi connectivity index (χ1) is 12.3. The summed E-state index contributed by atoms with van der Waals surface area (Å²) in [5.41, 5.74) is 1.29. The van der Waals surface area contributed by atoms with Crippen LogP contribution >= 0.6 is 11.3 Å². The molecule has 2 rings (SSSR count). The second-order valence-corrected chi connectivity index (χ2v) is 7.69. The van der Waals surface area contributed by atoms with Crippen molar-refractivity contribution in [2.24, 2.45) is 0 Å². The predicted octanol–water partition coefficient (Wildman–Crippen LogP) is 7.66. The van der Waals surface area contributed by atoms with Crippen molar-refractivity contribution in [1.29, 1.82) is 0 Å². The van der Waals surface area contributed by atoms with Gasteiger partial charge in [0.15, 0.2) is 0 Å². The summed E-state index contributed by atoms with van der Waals surface area (Å²) in [6.45, 7) is 5.15. The van der Waals surface area contributed by atoms with Gasteiger partial charge in [-0.1, -0.05) is 51.7 Å². The van der Waals surface area contributed by atoms with Crippen molar-refractivity contribution in [3.63, 3.8) is 0 Å². The zero-order valence-corrected chi connectivity index (χ0v) is 16.6. The molecule has 0 atom stereocenters. The molecule has 136 valence electrons. The van der Waals surface area contributed by atoms with E-state index in [1.807, 2.05) is 11.3 Å². The van der Waals surface area contributed by atoms with Crippen LogP contribution in [0.15, 0.2) is 48.6 Å². The van der Waals surface area contributed by atoms with Crippen LogP contribution in [0, 0.1) is 0 Å². The summed E-state index contributed by atoms with van der Waals surface area (Å²) in [7, 11) is 0. The number of benzene rings is 1. The maximum atomic E-state index is 5.79. The Morgan fingerprint density at radius 1 is 0.840 bits per heavy atom. The molecule has 0 N–H and O–H groups in total. The average Bonchev–Trinajstić information content (AvgIpc) is 3.11. The average molecular weight is 357 g/mol. The predicted molar refractivity (Wildman–Crippen MR) is 112 cm³/mol. The van der Waals surface area contributed by atoms with E-state index in [-0.39, 0.29) is 0 Å². The first-order valence-corrected chi connectivity index (χ1v) is 10.6. The molecule has 0 aliphatic carbocycles. The summed E-state index contributed by atoms with van der Waals surface area (Å²) in [5.74, 6) is 0.946. The molecule has 2 heteroatoms. The molecule has 0 fully saturated rings. The topological polar surface area (TPSA) is 9.23 Å². The van der Waals surface area contributed by atoms with Crippen LogP contribution in [0.1, 0.15) is 63.7 Å². The molecule has 0 aliphatic rings. The molecule has 1 nitrogen and oxygen atoms in total. The number of ether oxygens (including phenoxy) is 1. The van der Waals surface area contributed by atoms with Gasteiger partial charge in [0.2, 0.25) is 0 Å². The summed E-state index contributed by atoms with van der Waals surface area (Å²) in [4.78, 5) is 2.85. The van der Waals surface area contributed by atoms with Crippen LogP contribution in [0.25, 0.3) is 10.4 Å². The number of thiophene rings is 1. The lowest BCUT2D eigenvalue weighted by molar-refractivity contribution is 0.362. The second kappa shape index (κ2) is 11.9. The fourth-order valence-electron chi connectivity index (χ4n) is 2.77. The number of hydrogen-bond acceptors (Lipinski definition) is 2. The molecular formula is C23H32OS. The smallest absolute Gasteiger partial charge is 0.119 e. The molecule has 1 heterocycles. The molecule has 0 spiro atoms. The van der Waals surface area contributed by atoms with Crippen LogP contribution < -0.4 is 4.74 Å². The Labute approximate surface area is 157 Å². The molecule has 0 amide bonds. The van der Waals surface area contributed by atoms with Crippen molar-refractivity contribution in [3.8, 4) is 16.2 Å². The fourth-order valence-corrected chi connectivity index (χ4v) is 3.83. The Hall–Kier alpha value is -1.54. The Kier molecular flexibility index (Phi) is 9.43. The van der Waals surface area contributed by atoms with Crippen molar-refractivity contribution in [2.75, 3.05) is 6.61 Å². The van der Waals surface area contributed by atoms with Gasteiger partial charge in [-0.3, -0.25) is 0 Å². The van der Waals surface area contributed by atoms with Crippen molar-refractivity contribution in [3.05, 3.63) is 53.4 Å². The van der Waals surface area contributed by atoms with Gasteiger partial charge in [0.05, 0.1) is 0 Å². The fraction of sp³-hybridized carbons (Fsp3) is 0.478. The molecule has 0 unspecified atom stereocenters. The maximum Gasteiger partial charge on any atom is 0.119 e. The second-order valence-electron chi connectivity index (χ2n) is 6.53. The Morgan fingerprint density at radius 3 is 2.36 bits per heavy atom. The summed E-state index contributed by atoms with van der Waals surface area (Å²) in [5, 5.41) is 0. The summed E-state index contributed by atoms with van der Waals surface area (Å²) < 4.78 is 5.79. The van der Waals surface area contributed by atoms with Crippen molar-refractivity contribution in [1.82, 2.24) is 0 Å². The highest BCUT2D eigenvalue weighted by atomic mass is 32.1. The van der Waals surface area contributed by atoms with Crippen LogP contribution in [0.2, 0.25) is 0 Å². The zero-order chi connectivity index (χ0) is 17.7. The van der Waals surface area contributed by atoms with Gasteiger partial charge >= 0.3 is 0 Å². The molecule has 0 saturated heterocycles. The van der Waals surface area contributed by atoms with Gasteiger partial charge in [-0.15, -0.1) is 11.3 Å². The number of hydrogen-bond donors (Lipinski definition) is 0. The van der Waals surface area contributed by atoms with Crippen molar-refractivity contribution < 1.29 is 4.74 Å². The highest BCUT2D eigenvalue weighted by Gasteiger charge is 2.03. The molecule has 0 bridgehead atoms. The van der Waals surface area contributed by atoms with E-state index in [0.717, 1.165) is 12.2 Å². The van der Waals surface area contributed by atoms with Gasteiger partial charge in [-0.2, -0.15) is 0 Å². The van der Waals surface area contributed by atoms with Crippen LogP contribution in [-0.2, 0) is 6.42 Å². The van der Waals surface area contributed by atoms with E-state index in [1.165, 1.54) is 60.3 Å². The van der Waals surface area contributed by atoms with E-state index in [0.29, 0.717) is 6.61 Å². The normalized spacial score (nSPS) is 11.3. The number of aryl methyl sites for hydroxylation is 1. The quantitative estimate of drug-likeness (QED) is 0.280. The third-order valence-electron chi connectivity index (χ3n) is 4.31. The first-order valence-electron chi connectivity index (χ1n) is 9.80. The monoisotopic (exact) mass is 356 g/mol. The standard InChI is InChI=1S/C23H32OS/c1-3-5-7-8-9-11-19-24-21-15-13-20(14-16-21)23-18-17-22(25-23)12-10-6-4-2/h9,11,13-18H,3-8,10,12,19H2,1-2H3. The third-order valence-corrected chi connectivity index (χ3v) is 5.51. The minimum Gasteiger partial charge on any atom is -0.490 e. The minimum absolute atomic E-state index is 0.659. The van der Waals surface area contributed by atoms with Crippen LogP contribution in [0.4, 0.5) is 0 Å². The third kappa shape index (κ3) is 7.48. The lowest BCUT2D eigenvalue weighted by Gasteiger charge is -2.04. The van der Waals surface area contributed by atoms with Crippen molar-refractivity contribution >= 4 is 11.3 Å². The van der Waals surface area contributed by atoms with Crippen LogP contribution in [-0.4, -0.2) is 6.61 Å². The highest BCUT2D eigenvalue weighted by Crippen LogP contribution is 2.30. The first kappa shape index (κ1) is 19.8. The lowest BCUT2D eigenvalue weighted by Crippen LogP contribution is -1.92. The van der Waals surface area contributed by atoms with E-state index >= 15 is 0 Å². The van der Waals surface area contributed by atoms with Crippen LogP contribution in [0.5, 0.6) is 5.75 Å². The SMILES string of the molecule is CCCCCC=CCOc1ccc(-c2ccc(CCCCC)s2)cc1. The largest absolute Gasteiger partial charge is 0.490 e. The molecule has 0 radical (unpaired) electrons. The Balaban J connectivity index is 1.77. The summed E-state index contributed by atoms with van der Waals surface area (Å²) >= 11 is 1.92. The molecule has 0 saturated carbocycles. The number of rotatable bonds is 12. The van der Waals surface area contributed by atoms with E-state index in [1.54, 1.807) is 0 Å². The maximum absolute atomic E-state index is 5.79. The molecule has 2 aromatic rings. The Bertz CT molecular complexity index is 609. The number of unbranched alkanes of at least 4 members (excludes halogenated alkanes) is 5. The van der Waals surface area contributed by atoms with Gasteiger partial charge in [0, 0.05) is 9.75 Å². The number of allylic oxidation sites excluding steroid dienone is 1. The molecule has 1 aromatic heterocycles. The van der Waals surface area contributed by atoms with E-state index in [4.69, 9.17) is 4.74 Å². The van der Waals surface area contributed by atoms with E-state index < -0.39 is 0 Å². The minimum atomic E-state index is 0.659. The van der Waals surface area contributed by atoms with Gasteiger partial charge in [0.1, 0.15) is 12.4 Å². The van der Waals surface area contributed by atoms with E-state index in [9.17, 15) is 0 Å². The van der Waals surface area contributed by atoms with Gasteiger partial charge < -0.3 is 4.74 Å². The van der Waals surface area contributed by atoms with Gasteiger partial charge in [-0.05, 0) is 67.6 Å².